The summed E-state index contributed by atoms with van der Waals surface area (Å²) >= 11 is 17.1. The van der Waals surface area contributed by atoms with Gasteiger partial charge >= 0.3 is 12.1 Å². The molecule has 0 amide bonds. The van der Waals surface area contributed by atoms with E-state index < -0.39 is 23.8 Å². The van der Waals surface area contributed by atoms with E-state index in [4.69, 9.17) is 34.8 Å². The van der Waals surface area contributed by atoms with Crippen LogP contribution in [-0.4, -0.2) is 18.2 Å². The van der Waals surface area contributed by atoms with Gasteiger partial charge in [0.25, 0.3) is 0 Å². The van der Waals surface area contributed by atoms with E-state index in [9.17, 15) is 18.0 Å². The first-order valence-corrected chi connectivity index (χ1v) is 6.80. The predicted octanol–water partition coefficient (Wildman–Crippen LogP) is 5.54. The number of hydrogen-bond acceptors (Lipinski definition) is 2. The SMILES string of the molecule is CC(C)OC(=O)C=C(c1cc(Cl)c(Cl)c(Cl)c1)C(F)(F)F. The summed E-state index contributed by atoms with van der Waals surface area (Å²) in [6.07, 6.45) is -4.97. The Labute approximate surface area is 134 Å². The Balaban J connectivity index is 3.34. The van der Waals surface area contributed by atoms with Gasteiger partial charge < -0.3 is 4.74 Å². The minimum atomic E-state index is -4.78. The van der Waals surface area contributed by atoms with Crippen LogP contribution in [0.3, 0.4) is 0 Å². The predicted molar refractivity (Wildman–Crippen MR) is 76.7 cm³/mol. The van der Waals surface area contributed by atoms with Crippen LogP contribution in [0, 0.1) is 0 Å². The zero-order chi connectivity index (χ0) is 16.4. The quantitative estimate of drug-likeness (QED) is 0.401. The van der Waals surface area contributed by atoms with E-state index in [-0.39, 0.29) is 20.6 Å². The van der Waals surface area contributed by atoms with E-state index in [1.54, 1.807) is 0 Å². The van der Waals surface area contributed by atoms with Crippen molar-refractivity contribution >= 4 is 46.3 Å². The number of carbonyl (C=O) groups is 1. The van der Waals surface area contributed by atoms with Gasteiger partial charge in [-0.15, -0.1) is 0 Å². The second kappa shape index (κ2) is 6.90. The molecule has 1 aromatic carbocycles. The van der Waals surface area contributed by atoms with E-state index in [1.807, 2.05) is 0 Å². The smallest absolute Gasteiger partial charge is 0.417 e. The molecule has 0 saturated heterocycles. The van der Waals surface area contributed by atoms with Gasteiger partial charge in [-0.1, -0.05) is 34.8 Å². The molecule has 0 aliphatic carbocycles. The lowest BCUT2D eigenvalue weighted by Crippen LogP contribution is -2.15. The molecule has 0 bridgehead atoms. The van der Waals surface area contributed by atoms with Gasteiger partial charge in [0.1, 0.15) is 0 Å². The van der Waals surface area contributed by atoms with Gasteiger partial charge in [0.05, 0.1) is 26.7 Å². The number of carbonyl (C=O) groups excluding carboxylic acids is 1. The van der Waals surface area contributed by atoms with Crippen LogP contribution in [-0.2, 0) is 9.53 Å². The van der Waals surface area contributed by atoms with Crippen LogP contribution < -0.4 is 0 Å². The summed E-state index contributed by atoms with van der Waals surface area (Å²) < 4.78 is 43.9. The molecular formula is C13H10Cl3F3O2. The minimum absolute atomic E-state index is 0.0617. The number of ether oxygens (including phenoxy) is 1. The number of hydrogen-bond donors (Lipinski definition) is 0. The number of allylic oxidation sites excluding steroid dienone is 1. The maximum absolute atomic E-state index is 13.1. The summed E-state index contributed by atoms with van der Waals surface area (Å²) in [7, 11) is 0. The molecule has 21 heavy (non-hydrogen) atoms. The van der Waals surface area contributed by atoms with Crippen LogP contribution in [0.5, 0.6) is 0 Å². The summed E-state index contributed by atoms with van der Waals surface area (Å²) in [5.74, 6) is -1.11. The van der Waals surface area contributed by atoms with Gasteiger partial charge in [0, 0.05) is 6.08 Å². The normalized spacial score (nSPS) is 12.7. The Bertz CT molecular complexity index is 558. The molecular weight excluding hydrogens is 351 g/mol. The third-order valence-corrected chi connectivity index (χ3v) is 3.41. The molecule has 1 aromatic rings. The fraction of sp³-hybridized carbons (Fsp3) is 0.308. The standard InChI is InChI=1S/C13H10Cl3F3O2/c1-6(2)21-11(20)5-8(13(17,18)19)7-3-9(14)12(16)10(15)4-7/h3-6H,1-2H3. The van der Waals surface area contributed by atoms with Crippen molar-refractivity contribution in [2.45, 2.75) is 26.1 Å². The lowest BCUT2D eigenvalue weighted by Gasteiger charge is -2.14. The van der Waals surface area contributed by atoms with Crippen molar-refractivity contribution in [2.75, 3.05) is 0 Å². The van der Waals surface area contributed by atoms with E-state index in [0.717, 1.165) is 12.1 Å². The largest absolute Gasteiger partial charge is 0.460 e. The summed E-state index contributed by atoms with van der Waals surface area (Å²) in [6, 6.07) is 1.97. The Morgan fingerprint density at radius 2 is 1.67 bits per heavy atom. The molecule has 1 rings (SSSR count). The summed E-state index contributed by atoms with van der Waals surface area (Å²) in [5.41, 5.74) is -1.59. The third-order valence-electron chi connectivity index (χ3n) is 2.21. The number of esters is 1. The minimum Gasteiger partial charge on any atom is -0.460 e. The molecule has 0 radical (unpaired) electrons. The molecule has 0 aliphatic heterocycles. The lowest BCUT2D eigenvalue weighted by molar-refractivity contribution is -0.141. The van der Waals surface area contributed by atoms with Crippen LogP contribution in [0.4, 0.5) is 13.2 Å². The molecule has 0 fully saturated rings. The summed E-state index contributed by atoms with van der Waals surface area (Å²) in [6.45, 7) is 3.05. The molecule has 0 saturated carbocycles. The van der Waals surface area contributed by atoms with E-state index in [2.05, 4.69) is 4.74 Å². The van der Waals surface area contributed by atoms with Crippen LogP contribution in [0.15, 0.2) is 18.2 Å². The van der Waals surface area contributed by atoms with Gasteiger partial charge in [-0.3, -0.25) is 0 Å². The average molecular weight is 362 g/mol. The fourth-order valence-corrected chi connectivity index (χ4v) is 2.02. The van der Waals surface area contributed by atoms with Gasteiger partial charge in [0.2, 0.25) is 0 Å². The van der Waals surface area contributed by atoms with Crippen molar-refractivity contribution < 1.29 is 22.7 Å². The zero-order valence-corrected chi connectivity index (χ0v) is 13.2. The van der Waals surface area contributed by atoms with E-state index >= 15 is 0 Å². The molecule has 0 aromatic heterocycles. The highest BCUT2D eigenvalue weighted by Crippen LogP contribution is 2.39. The van der Waals surface area contributed by atoms with Gasteiger partial charge in [-0.25, -0.2) is 4.79 Å². The molecule has 0 spiro atoms. The number of benzene rings is 1. The number of halogens is 6. The number of alkyl halides is 3. The third kappa shape index (κ3) is 5.09. The Morgan fingerprint density at radius 3 is 2.05 bits per heavy atom. The molecule has 0 aliphatic rings. The van der Waals surface area contributed by atoms with Crippen LogP contribution >= 0.6 is 34.8 Å². The van der Waals surface area contributed by atoms with Gasteiger partial charge in [-0.2, -0.15) is 13.2 Å². The first kappa shape index (κ1) is 18.1. The van der Waals surface area contributed by atoms with Crippen molar-refractivity contribution in [1.82, 2.24) is 0 Å². The molecule has 0 unspecified atom stereocenters. The maximum atomic E-state index is 13.1. The molecule has 0 N–H and O–H groups in total. The van der Waals surface area contributed by atoms with Crippen molar-refractivity contribution in [3.8, 4) is 0 Å². The highest BCUT2D eigenvalue weighted by molar-refractivity contribution is 6.48. The molecule has 0 heterocycles. The molecule has 116 valence electrons. The van der Waals surface area contributed by atoms with Gasteiger partial charge in [-0.05, 0) is 31.5 Å². The summed E-state index contributed by atoms with van der Waals surface area (Å²) in [5, 5.41) is -0.355. The monoisotopic (exact) mass is 360 g/mol. The van der Waals surface area contributed by atoms with Crippen molar-refractivity contribution in [2.24, 2.45) is 0 Å². The lowest BCUT2D eigenvalue weighted by atomic mass is 10.1. The highest BCUT2D eigenvalue weighted by atomic mass is 35.5. The molecule has 8 heteroatoms. The van der Waals surface area contributed by atoms with Crippen LogP contribution in [0.1, 0.15) is 19.4 Å². The van der Waals surface area contributed by atoms with Crippen LogP contribution in [0.2, 0.25) is 15.1 Å². The summed E-state index contributed by atoms with van der Waals surface area (Å²) in [4.78, 5) is 11.4. The van der Waals surface area contributed by atoms with E-state index in [0.29, 0.717) is 6.08 Å². The van der Waals surface area contributed by atoms with Crippen LogP contribution in [0.25, 0.3) is 5.57 Å². The molecule has 2 nitrogen and oxygen atoms in total. The highest BCUT2D eigenvalue weighted by Gasteiger charge is 2.36. The maximum Gasteiger partial charge on any atom is 0.417 e. The van der Waals surface area contributed by atoms with Crippen molar-refractivity contribution in [3.05, 3.63) is 38.8 Å². The number of rotatable bonds is 3. The first-order valence-electron chi connectivity index (χ1n) is 5.66. The second-order valence-electron chi connectivity index (χ2n) is 4.30. The molecule has 0 atom stereocenters. The van der Waals surface area contributed by atoms with E-state index in [1.165, 1.54) is 13.8 Å². The first-order chi connectivity index (χ1) is 9.52. The fourth-order valence-electron chi connectivity index (χ4n) is 1.42. The van der Waals surface area contributed by atoms with Crippen molar-refractivity contribution in [1.29, 1.82) is 0 Å². The Morgan fingerprint density at radius 1 is 1.19 bits per heavy atom. The van der Waals surface area contributed by atoms with Crippen molar-refractivity contribution in [3.63, 3.8) is 0 Å². The van der Waals surface area contributed by atoms with Gasteiger partial charge in [0.15, 0.2) is 0 Å². The second-order valence-corrected chi connectivity index (χ2v) is 5.49. The zero-order valence-electron chi connectivity index (χ0n) is 10.9. The Hall–Kier alpha value is -0.910. The average Bonchev–Trinajstić information content (AvgIpc) is 2.30. The Kier molecular flexibility index (Phi) is 5.96. The topological polar surface area (TPSA) is 26.3 Å².